The number of hydrogen-bond donors (Lipinski definition) is 3. The Balaban J connectivity index is 1.46. The lowest BCUT2D eigenvalue weighted by atomic mass is 9.70. The lowest BCUT2D eigenvalue weighted by Crippen LogP contribution is -2.60. The molecule has 0 aromatic heterocycles. The van der Waals surface area contributed by atoms with Gasteiger partial charge in [0.05, 0.1) is 30.6 Å². The SMILES string of the molecule is CC(C)[C@H](CO)N1C(=O)[C@@H]2[C@@H](C(=O)NCc3ccccc3)[C@@H]3OC2(CC3Br)C1C(=O)NC1CCCCC1. The molecular weight excluding hydrogens is 538 g/mol. The van der Waals surface area contributed by atoms with Gasteiger partial charge in [-0.25, -0.2) is 0 Å². The molecule has 8 nitrogen and oxygen atoms in total. The van der Waals surface area contributed by atoms with Crippen LogP contribution < -0.4 is 10.6 Å². The number of aliphatic hydroxyl groups is 1. The number of halogens is 1. The summed E-state index contributed by atoms with van der Waals surface area (Å²) in [6.45, 7) is 3.97. The Morgan fingerprint density at radius 1 is 1.16 bits per heavy atom. The molecule has 37 heavy (non-hydrogen) atoms. The number of rotatable bonds is 8. The third-order valence-corrected chi connectivity index (χ3v) is 9.70. The molecule has 4 aliphatic rings. The molecule has 1 aliphatic carbocycles. The number of likely N-dealkylation sites (tertiary alicyclic amines) is 1. The van der Waals surface area contributed by atoms with E-state index in [1.165, 1.54) is 6.42 Å². The van der Waals surface area contributed by atoms with Gasteiger partial charge < -0.3 is 25.4 Å². The molecule has 7 atom stereocenters. The van der Waals surface area contributed by atoms with Gasteiger partial charge in [0.25, 0.3) is 0 Å². The Hall–Kier alpha value is -1.97. The number of carbonyl (C=O) groups is 3. The summed E-state index contributed by atoms with van der Waals surface area (Å²) >= 11 is 3.71. The summed E-state index contributed by atoms with van der Waals surface area (Å²) in [5.41, 5.74) is -0.138. The van der Waals surface area contributed by atoms with E-state index in [1.807, 2.05) is 44.2 Å². The molecule has 3 unspecified atom stereocenters. The molecule has 1 saturated carbocycles. The van der Waals surface area contributed by atoms with Crippen molar-refractivity contribution in [3.05, 3.63) is 35.9 Å². The van der Waals surface area contributed by atoms with Crippen LogP contribution in [0.1, 0.15) is 57.9 Å². The number of fused-ring (bicyclic) bond motifs is 1. The molecule has 3 saturated heterocycles. The van der Waals surface area contributed by atoms with Crippen molar-refractivity contribution in [2.45, 2.75) is 93.6 Å². The molecule has 1 aromatic carbocycles. The minimum absolute atomic E-state index is 0.0727. The van der Waals surface area contributed by atoms with Crippen LogP contribution in [0.2, 0.25) is 0 Å². The lowest BCUT2D eigenvalue weighted by Gasteiger charge is -2.39. The highest BCUT2D eigenvalue weighted by atomic mass is 79.9. The van der Waals surface area contributed by atoms with Crippen LogP contribution in [-0.2, 0) is 25.7 Å². The molecule has 1 aromatic rings. The standard InChI is InChI=1S/C28H38BrN3O5/c1-16(2)20(15-33)32-24(26(35)31-18-11-7-4-8-12-18)28-13-19(29)23(37-28)21(22(28)27(32)36)25(34)30-14-17-9-5-3-6-10-17/h3,5-6,9-10,16,18-24,33H,4,7-8,11-15H2,1-2H3,(H,30,34)(H,31,35)/t19?,20-,21+,22-,23+,24?,28?/m0/s1. The third kappa shape index (κ3) is 4.61. The summed E-state index contributed by atoms with van der Waals surface area (Å²) in [6, 6.07) is 8.28. The Morgan fingerprint density at radius 2 is 1.86 bits per heavy atom. The highest BCUT2D eigenvalue weighted by Gasteiger charge is 2.77. The van der Waals surface area contributed by atoms with E-state index < -0.39 is 35.6 Å². The highest BCUT2D eigenvalue weighted by Crippen LogP contribution is 2.60. The molecule has 1 spiro atoms. The van der Waals surface area contributed by atoms with Crippen molar-refractivity contribution in [2.75, 3.05) is 6.61 Å². The lowest BCUT2D eigenvalue weighted by molar-refractivity contribution is -0.147. The normalized spacial score (nSPS) is 34.0. The second-order valence-corrected chi connectivity index (χ2v) is 12.6. The Bertz CT molecular complexity index is 1020. The smallest absolute Gasteiger partial charge is 0.246 e. The van der Waals surface area contributed by atoms with Crippen LogP contribution in [0.4, 0.5) is 0 Å². The average Bonchev–Trinajstić information content (AvgIpc) is 3.48. The van der Waals surface area contributed by atoms with Crippen molar-refractivity contribution in [3.8, 4) is 0 Å². The number of ether oxygens (including phenoxy) is 1. The van der Waals surface area contributed by atoms with E-state index in [4.69, 9.17) is 4.74 Å². The minimum atomic E-state index is -1.11. The maximum Gasteiger partial charge on any atom is 0.246 e. The van der Waals surface area contributed by atoms with E-state index in [0.717, 1.165) is 31.2 Å². The fourth-order valence-electron chi connectivity index (χ4n) is 7.07. The monoisotopic (exact) mass is 575 g/mol. The van der Waals surface area contributed by atoms with Gasteiger partial charge in [-0.05, 0) is 30.7 Å². The van der Waals surface area contributed by atoms with Crippen molar-refractivity contribution in [2.24, 2.45) is 17.8 Å². The van der Waals surface area contributed by atoms with Gasteiger partial charge in [0, 0.05) is 17.4 Å². The first-order chi connectivity index (χ1) is 17.8. The number of alkyl halides is 1. The molecule has 3 amide bonds. The highest BCUT2D eigenvalue weighted by molar-refractivity contribution is 9.09. The van der Waals surface area contributed by atoms with Crippen molar-refractivity contribution < 1.29 is 24.2 Å². The molecule has 9 heteroatoms. The molecule has 4 fully saturated rings. The maximum atomic E-state index is 14.1. The molecule has 3 heterocycles. The summed E-state index contributed by atoms with van der Waals surface area (Å²) in [5.74, 6) is -2.29. The Labute approximate surface area is 227 Å². The van der Waals surface area contributed by atoms with Crippen LogP contribution in [0.25, 0.3) is 0 Å². The van der Waals surface area contributed by atoms with Gasteiger partial charge in [-0.3, -0.25) is 14.4 Å². The predicted octanol–water partition coefficient (Wildman–Crippen LogP) is 2.52. The van der Waals surface area contributed by atoms with E-state index in [2.05, 4.69) is 26.6 Å². The number of carbonyl (C=O) groups excluding carboxylic acids is 3. The van der Waals surface area contributed by atoms with E-state index in [0.29, 0.717) is 13.0 Å². The van der Waals surface area contributed by atoms with Crippen molar-refractivity contribution in [1.82, 2.24) is 15.5 Å². The van der Waals surface area contributed by atoms with Crippen LogP contribution in [0.5, 0.6) is 0 Å². The van der Waals surface area contributed by atoms with E-state index >= 15 is 0 Å². The molecule has 0 radical (unpaired) electrons. The van der Waals surface area contributed by atoms with E-state index in [-0.39, 0.29) is 41.1 Å². The van der Waals surface area contributed by atoms with Gasteiger partial charge >= 0.3 is 0 Å². The molecule has 3 aliphatic heterocycles. The summed E-state index contributed by atoms with van der Waals surface area (Å²) in [4.78, 5) is 43.1. The molecule has 2 bridgehead atoms. The summed E-state index contributed by atoms with van der Waals surface area (Å²) in [6.07, 6.45) is 5.13. The minimum Gasteiger partial charge on any atom is -0.394 e. The predicted molar refractivity (Wildman–Crippen MR) is 142 cm³/mol. The van der Waals surface area contributed by atoms with Crippen molar-refractivity contribution >= 4 is 33.7 Å². The Kier molecular flexibility index (Phi) is 7.67. The zero-order valence-corrected chi connectivity index (χ0v) is 23.2. The summed E-state index contributed by atoms with van der Waals surface area (Å²) in [5, 5.41) is 16.5. The second-order valence-electron chi connectivity index (χ2n) is 11.4. The first-order valence-corrected chi connectivity index (χ1v) is 14.6. The maximum absolute atomic E-state index is 14.1. The third-order valence-electron chi connectivity index (χ3n) is 8.85. The zero-order chi connectivity index (χ0) is 26.3. The second kappa shape index (κ2) is 10.7. The van der Waals surface area contributed by atoms with Crippen LogP contribution >= 0.6 is 15.9 Å². The fourth-order valence-corrected chi connectivity index (χ4v) is 8.02. The van der Waals surface area contributed by atoms with E-state index in [1.54, 1.807) is 4.90 Å². The topological polar surface area (TPSA) is 108 Å². The number of amides is 3. The number of nitrogens with one attached hydrogen (secondary N) is 2. The number of benzene rings is 1. The van der Waals surface area contributed by atoms with E-state index in [9.17, 15) is 19.5 Å². The first-order valence-electron chi connectivity index (χ1n) is 13.7. The quantitative estimate of drug-likeness (QED) is 0.413. The Morgan fingerprint density at radius 3 is 2.51 bits per heavy atom. The number of aliphatic hydroxyl groups excluding tert-OH is 1. The average molecular weight is 577 g/mol. The molecular formula is C28H38BrN3O5. The van der Waals surface area contributed by atoms with Gasteiger partial charge in [0.15, 0.2) is 0 Å². The molecule has 202 valence electrons. The van der Waals surface area contributed by atoms with Gasteiger partial charge in [0.2, 0.25) is 17.7 Å². The van der Waals surface area contributed by atoms with Crippen LogP contribution in [-0.4, -0.2) is 69.0 Å². The summed E-state index contributed by atoms with van der Waals surface area (Å²) in [7, 11) is 0. The van der Waals surface area contributed by atoms with Crippen LogP contribution in [0.15, 0.2) is 30.3 Å². The molecule has 5 rings (SSSR count). The van der Waals surface area contributed by atoms with Gasteiger partial charge in [-0.2, -0.15) is 0 Å². The van der Waals surface area contributed by atoms with Crippen LogP contribution in [0.3, 0.4) is 0 Å². The van der Waals surface area contributed by atoms with Crippen molar-refractivity contribution in [1.29, 1.82) is 0 Å². The number of nitrogens with zero attached hydrogens (tertiary/aromatic N) is 1. The van der Waals surface area contributed by atoms with Crippen LogP contribution in [0, 0.1) is 17.8 Å². The number of hydrogen-bond acceptors (Lipinski definition) is 5. The summed E-state index contributed by atoms with van der Waals surface area (Å²) < 4.78 is 6.57. The van der Waals surface area contributed by atoms with Gasteiger partial charge in [-0.1, -0.05) is 79.4 Å². The van der Waals surface area contributed by atoms with Crippen molar-refractivity contribution in [3.63, 3.8) is 0 Å². The first kappa shape index (κ1) is 26.6. The van der Waals surface area contributed by atoms with Gasteiger partial charge in [-0.15, -0.1) is 0 Å². The van der Waals surface area contributed by atoms with Gasteiger partial charge in [0.1, 0.15) is 11.6 Å². The fraction of sp³-hybridized carbons (Fsp3) is 0.679. The largest absolute Gasteiger partial charge is 0.394 e. The zero-order valence-electron chi connectivity index (χ0n) is 21.6. The molecule has 3 N–H and O–H groups in total.